The van der Waals surface area contributed by atoms with Crippen molar-refractivity contribution >= 4 is 17.5 Å². The number of nitrogens with zero attached hydrogens (tertiary/aromatic N) is 2. The van der Waals surface area contributed by atoms with E-state index in [0.29, 0.717) is 5.69 Å². The van der Waals surface area contributed by atoms with E-state index in [4.69, 9.17) is 11.6 Å². The van der Waals surface area contributed by atoms with Crippen molar-refractivity contribution in [2.75, 3.05) is 6.54 Å². The molecule has 2 N–H and O–H groups in total. The van der Waals surface area contributed by atoms with E-state index in [9.17, 15) is 23.1 Å². The maximum atomic E-state index is 12.6. The summed E-state index contributed by atoms with van der Waals surface area (Å²) in [6.07, 6.45) is -5.97. The van der Waals surface area contributed by atoms with E-state index in [1.54, 1.807) is 18.2 Å². The second-order valence-electron chi connectivity index (χ2n) is 5.11. The Morgan fingerprint density at radius 1 is 1.42 bits per heavy atom. The van der Waals surface area contributed by atoms with Crippen LogP contribution in [0.4, 0.5) is 13.2 Å². The average molecular weight is 362 g/mol. The van der Waals surface area contributed by atoms with Gasteiger partial charge >= 0.3 is 6.18 Å². The highest BCUT2D eigenvalue weighted by molar-refractivity contribution is 6.31. The highest BCUT2D eigenvalue weighted by atomic mass is 35.5. The molecule has 9 heteroatoms. The highest BCUT2D eigenvalue weighted by Crippen LogP contribution is 2.28. The molecular formula is C15H15ClF3N3O2. The maximum Gasteiger partial charge on any atom is 0.435 e. The smallest absolute Gasteiger partial charge is 0.378 e. The number of carbonyl (C=O) groups excluding carboxylic acids is 1. The molecule has 1 heterocycles. The molecule has 0 bridgehead atoms. The Kier molecular flexibility index (Phi) is 5.51. The van der Waals surface area contributed by atoms with Crippen LogP contribution in [0.25, 0.3) is 0 Å². The molecule has 1 aromatic heterocycles. The van der Waals surface area contributed by atoms with E-state index in [0.717, 1.165) is 10.7 Å². The van der Waals surface area contributed by atoms with E-state index in [1.807, 2.05) is 0 Å². The molecule has 0 aliphatic heterocycles. The SMILES string of the molecule is Cc1cc(C(F)(F)F)nn1CCNC(=O)[C@H](O)c1ccccc1Cl. The lowest BCUT2D eigenvalue weighted by Gasteiger charge is -2.13. The second kappa shape index (κ2) is 7.23. The predicted molar refractivity (Wildman–Crippen MR) is 81.4 cm³/mol. The van der Waals surface area contributed by atoms with Crippen LogP contribution in [0.5, 0.6) is 0 Å². The Balaban J connectivity index is 1.94. The summed E-state index contributed by atoms with van der Waals surface area (Å²) in [6, 6.07) is 7.28. The number of hydrogen-bond donors (Lipinski definition) is 2. The van der Waals surface area contributed by atoms with Gasteiger partial charge < -0.3 is 10.4 Å². The van der Waals surface area contributed by atoms with Gasteiger partial charge in [-0.1, -0.05) is 29.8 Å². The molecule has 24 heavy (non-hydrogen) atoms. The van der Waals surface area contributed by atoms with Gasteiger partial charge in [0.2, 0.25) is 0 Å². The topological polar surface area (TPSA) is 67.2 Å². The van der Waals surface area contributed by atoms with Crippen molar-refractivity contribution in [2.24, 2.45) is 0 Å². The molecule has 0 aliphatic carbocycles. The summed E-state index contributed by atoms with van der Waals surface area (Å²) in [6.45, 7) is 1.55. The van der Waals surface area contributed by atoms with Crippen LogP contribution in [-0.2, 0) is 17.5 Å². The Labute approximate surface area is 141 Å². The van der Waals surface area contributed by atoms with Crippen LogP contribution in [0.1, 0.15) is 23.1 Å². The van der Waals surface area contributed by atoms with E-state index in [-0.39, 0.29) is 23.7 Å². The molecular weight excluding hydrogens is 347 g/mol. The molecule has 1 atom stereocenters. The van der Waals surface area contributed by atoms with Gasteiger partial charge in [-0.15, -0.1) is 0 Å². The lowest BCUT2D eigenvalue weighted by atomic mass is 10.1. The minimum atomic E-state index is -4.51. The lowest BCUT2D eigenvalue weighted by molar-refractivity contribution is -0.141. The van der Waals surface area contributed by atoms with Gasteiger partial charge in [0.1, 0.15) is 0 Å². The number of aliphatic hydroxyl groups is 1. The fourth-order valence-corrected chi connectivity index (χ4v) is 2.33. The van der Waals surface area contributed by atoms with Gasteiger partial charge in [-0.2, -0.15) is 18.3 Å². The number of aromatic nitrogens is 2. The molecule has 1 aromatic carbocycles. The zero-order valence-corrected chi connectivity index (χ0v) is 13.4. The summed E-state index contributed by atoms with van der Waals surface area (Å²) in [7, 11) is 0. The normalized spacial score (nSPS) is 12.9. The first-order valence-corrected chi connectivity index (χ1v) is 7.40. The van der Waals surface area contributed by atoms with Gasteiger partial charge in [-0.3, -0.25) is 9.48 Å². The van der Waals surface area contributed by atoms with E-state index >= 15 is 0 Å². The summed E-state index contributed by atoms with van der Waals surface area (Å²) >= 11 is 5.90. The van der Waals surface area contributed by atoms with Gasteiger partial charge in [0, 0.05) is 22.8 Å². The quantitative estimate of drug-likeness (QED) is 0.860. The van der Waals surface area contributed by atoms with Gasteiger partial charge in [0.05, 0.1) is 6.54 Å². The van der Waals surface area contributed by atoms with Crippen LogP contribution in [0.2, 0.25) is 5.02 Å². The van der Waals surface area contributed by atoms with Gasteiger partial charge in [0.25, 0.3) is 5.91 Å². The predicted octanol–water partition coefficient (Wildman–Crippen LogP) is 2.71. The van der Waals surface area contributed by atoms with Crippen LogP contribution in [-0.4, -0.2) is 27.3 Å². The third-order valence-electron chi connectivity index (χ3n) is 3.34. The Morgan fingerprint density at radius 3 is 2.67 bits per heavy atom. The van der Waals surface area contributed by atoms with Crippen molar-refractivity contribution in [3.05, 3.63) is 52.3 Å². The first-order valence-electron chi connectivity index (χ1n) is 7.02. The van der Waals surface area contributed by atoms with Crippen molar-refractivity contribution in [2.45, 2.75) is 25.7 Å². The van der Waals surface area contributed by atoms with Crippen molar-refractivity contribution in [1.29, 1.82) is 0 Å². The molecule has 0 saturated carbocycles. The molecule has 2 aromatic rings. The molecule has 0 unspecified atom stereocenters. The van der Waals surface area contributed by atoms with Crippen molar-refractivity contribution in [3.8, 4) is 0 Å². The average Bonchev–Trinajstić information content (AvgIpc) is 2.88. The fraction of sp³-hybridized carbons (Fsp3) is 0.333. The Bertz CT molecular complexity index is 731. The third kappa shape index (κ3) is 4.27. The van der Waals surface area contributed by atoms with Gasteiger partial charge in [-0.25, -0.2) is 0 Å². The first kappa shape index (κ1) is 18.3. The maximum absolute atomic E-state index is 12.6. The number of rotatable bonds is 5. The second-order valence-corrected chi connectivity index (χ2v) is 5.51. The number of nitrogens with one attached hydrogen (secondary N) is 1. The number of aliphatic hydroxyl groups excluding tert-OH is 1. The summed E-state index contributed by atoms with van der Waals surface area (Å²) < 4.78 is 38.9. The molecule has 0 aliphatic rings. The monoisotopic (exact) mass is 361 g/mol. The number of benzene rings is 1. The number of amides is 1. The molecule has 0 spiro atoms. The molecule has 2 rings (SSSR count). The highest BCUT2D eigenvalue weighted by Gasteiger charge is 2.34. The summed E-state index contributed by atoms with van der Waals surface area (Å²) in [5.74, 6) is -0.691. The fourth-order valence-electron chi connectivity index (χ4n) is 2.09. The van der Waals surface area contributed by atoms with Crippen molar-refractivity contribution in [1.82, 2.24) is 15.1 Å². The number of aryl methyl sites for hydroxylation is 1. The van der Waals surface area contributed by atoms with Gasteiger partial charge in [0.15, 0.2) is 11.8 Å². The molecule has 5 nitrogen and oxygen atoms in total. The van der Waals surface area contributed by atoms with Crippen LogP contribution < -0.4 is 5.32 Å². The standard InChI is InChI=1S/C15H15ClF3N3O2/c1-9-8-12(15(17,18)19)21-22(9)7-6-20-14(24)13(23)10-4-2-3-5-11(10)16/h2-5,8,13,23H,6-7H2,1H3,(H,20,24)/t13-/m1/s1. The summed E-state index contributed by atoms with van der Waals surface area (Å²) in [5, 5.41) is 16.1. The van der Waals surface area contributed by atoms with Crippen LogP contribution in [0.15, 0.2) is 30.3 Å². The van der Waals surface area contributed by atoms with Crippen molar-refractivity contribution in [3.63, 3.8) is 0 Å². The lowest BCUT2D eigenvalue weighted by Crippen LogP contribution is -2.32. The van der Waals surface area contributed by atoms with Crippen LogP contribution in [0, 0.1) is 6.92 Å². The Hall–Kier alpha value is -2.06. The molecule has 1 amide bonds. The van der Waals surface area contributed by atoms with Crippen LogP contribution >= 0.6 is 11.6 Å². The summed E-state index contributed by atoms with van der Waals surface area (Å²) in [4.78, 5) is 11.9. The largest absolute Gasteiger partial charge is 0.435 e. The van der Waals surface area contributed by atoms with Crippen LogP contribution in [0.3, 0.4) is 0 Å². The zero-order chi connectivity index (χ0) is 17.9. The number of alkyl halides is 3. The minimum absolute atomic E-state index is 0.0141. The third-order valence-corrected chi connectivity index (χ3v) is 3.69. The van der Waals surface area contributed by atoms with E-state index in [1.165, 1.54) is 13.0 Å². The Morgan fingerprint density at radius 2 is 2.08 bits per heavy atom. The first-order chi connectivity index (χ1) is 11.2. The number of hydrogen-bond acceptors (Lipinski definition) is 3. The molecule has 0 fully saturated rings. The minimum Gasteiger partial charge on any atom is -0.378 e. The number of carbonyl (C=O) groups is 1. The molecule has 130 valence electrons. The summed E-state index contributed by atoms with van der Waals surface area (Å²) in [5.41, 5.74) is -0.406. The molecule has 0 saturated heterocycles. The van der Waals surface area contributed by atoms with Gasteiger partial charge in [-0.05, 0) is 19.1 Å². The zero-order valence-electron chi connectivity index (χ0n) is 12.6. The number of halogens is 4. The van der Waals surface area contributed by atoms with Crippen molar-refractivity contribution < 1.29 is 23.1 Å². The molecule has 0 radical (unpaired) electrons. The van der Waals surface area contributed by atoms with E-state index in [2.05, 4.69) is 10.4 Å². The van der Waals surface area contributed by atoms with E-state index < -0.39 is 23.9 Å².